The van der Waals surface area contributed by atoms with Crippen molar-refractivity contribution in [3.8, 4) is 0 Å². The number of pyridine rings is 1. The number of carbonyl (C=O) groups is 1. The average molecular weight is 257 g/mol. The number of benzene rings is 1. The normalized spacial score (nSPS) is 10.2. The van der Waals surface area contributed by atoms with Crippen LogP contribution in [0.3, 0.4) is 0 Å². The van der Waals surface area contributed by atoms with E-state index in [1.165, 1.54) is 6.07 Å². The smallest absolute Gasteiger partial charge is 0.337 e. The van der Waals surface area contributed by atoms with Gasteiger partial charge in [-0.25, -0.2) is 4.79 Å². The van der Waals surface area contributed by atoms with Gasteiger partial charge in [0.15, 0.2) is 0 Å². The second kappa shape index (κ2) is 4.97. The largest absolute Gasteiger partial charge is 0.478 e. The van der Waals surface area contributed by atoms with E-state index in [4.69, 9.17) is 10.8 Å². The number of aryl methyl sites for hydroxylation is 2. The molecule has 0 atom stereocenters. The number of hydrogen-bond donors (Lipinski definition) is 3. The SMILES string of the molecule is Cc1ccc(Nc2cc(N)ccc2C(=O)O)c(C)n1. The monoisotopic (exact) mass is 257 g/mol. The molecule has 1 aromatic heterocycles. The Balaban J connectivity index is 2.42. The summed E-state index contributed by atoms with van der Waals surface area (Å²) in [5.74, 6) is -1.000. The number of aromatic carboxylic acids is 1. The lowest BCUT2D eigenvalue weighted by atomic mass is 10.1. The first-order valence-electron chi connectivity index (χ1n) is 5.81. The predicted octanol–water partition coefficient (Wildman–Crippen LogP) is 2.72. The van der Waals surface area contributed by atoms with Crippen molar-refractivity contribution >= 4 is 23.0 Å². The van der Waals surface area contributed by atoms with Crippen molar-refractivity contribution in [3.05, 3.63) is 47.3 Å². The topological polar surface area (TPSA) is 88.2 Å². The number of aromatic nitrogens is 1. The van der Waals surface area contributed by atoms with Crippen molar-refractivity contribution in [2.24, 2.45) is 0 Å². The number of nitrogens with one attached hydrogen (secondary N) is 1. The lowest BCUT2D eigenvalue weighted by Gasteiger charge is -2.12. The van der Waals surface area contributed by atoms with Gasteiger partial charge in [-0.1, -0.05) is 0 Å². The highest BCUT2D eigenvalue weighted by Gasteiger charge is 2.11. The van der Waals surface area contributed by atoms with Crippen LogP contribution in [-0.2, 0) is 0 Å². The third kappa shape index (κ3) is 2.82. The fourth-order valence-corrected chi connectivity index (χ4v) is 1.82. The second-order valence-electron chi connectivity index (χ2n) is 4.32. The van der Waals surface area contributed by atoms with Gasteiger partial charge < -0.3 is 16.2 Å². The minimum absolute atomic E-state index is 0.175. The van der Waals surface area contributed by atoms with Gasteiger partial charge in [0.1, 0.15) is 0 Å². The van der Waals surface area contributed by atoms with Crippen molar-refractivity contribution < 1.29 is 9.90 Å². The molecule has 0 aliphatic heterocycles. The van der Waals surface area contributed by atoms with Gasteiger partial charge in [0.05, 0.1) is 22.6 Å². The number of nitrogen functional groups attached to an aromatic ring is 1. The summed E-state index contributed by atoms with van der Waals surface area (Å²) in [7, 11) is 0. The molecule has 0 amide bonds. The Kier molecular flexibility index (Phi) is 3.37. The maximum Gasteiger partial charge on any atom is 0.337 e. The van der Waals surface area contributed by atoms with Gasteiger partial charge in [-0.2, -0.15) is 0 Å². The molecule has 2 rings (SSSR count). The Morgan fingerprint density at radius 2 is 1.95 bits per heavy atom. The first-order chi connectivity index (χ1) is 8.97. The van der Waals surface area contributed by atoms with Gasteiger partial charge in [-0.05, 0) is 44.2 Å². The zero-order valence-corrected chi connectivity index (χ0v) is 10.8. The van der Waals surface area contributed by atoms with Crippen LogP contribution in [0.5, 0.6) is 0 Å². The highest BCUT2D eigenvalue weighted by molar-refractivity contribution is 5.96. The van der Waals surface area contributed by atoms with E-state index in [0.29, 0.717) is 11.4 Å². The maximum absolute atomic E-state index is 11.2. The molecule has 5 heteroatoms. The Morgan fingerprint density at radius 3 is 2.58 bits per heavy atom. The second-order valence-corrected chi connectivity index (χ2v) is 4.32. The van der Waals surface area contributed by atoms with Crippen molar-refractivity contribution in [2.75, 3.05) is 11.1 Å². The molecule has 98 valence electrons. The molecular formula is C14H15N3O2. The van der Waals surface area contributed by atoms with E-state index in [1.54, 1.807) is 12.1 Å². The standard InChI is InChI=1S/C14H15N3O2/c1-8-3-6-12(9(2)16-8)17-13-7-10(15)4-5-11(13)14(18)19/h3-7,17H,15H2,1-2H3,(H,18,19). The minimum Gasteiger partial charge on any atom is -0.478 e. The molecular weight excluding hydrogens is 242 g/mol. The van der Waals surface area contributed by atoms with Crippen molar-refractivity contribution in [2.45, 2.75) is 13.8 Å². The molecule has 5 nitrogen and oxygen atoms in total. The van der Waals surface area contributed by atoms with Gasteiger partial charge in [0, 0.05) is 11.4 Å². The van der Waals surface area contributed by atoms with Crippen LogP contribution < -0.4 is 11.1 Å². The highest BCUT2D eigenvalue weighted by Crippen LogP contribution is 2.25. The van der Waals surface area contributed by atoms with Gasteiger partial charge in [-0.15, -0.1) is 0 Å². The van der Waals surface area contributed by atoms with Crippen LogP contribution in [0.2, 0.25) is 0 Å². The first-order valence-corrected chi connectivity index (χ1v) is 5.81. The van der Waals surface area contributed by atoms with E-state index < -0.39 is 5.97 Å². The fourth-order valence-electron chi connectivity index (χ4n) is 1.82. The van der Waals surface area contributed by atoms with Crippen LogP contribution in [0.4, 0.5) is 17.1 Å². The number of hydrogen-bond acceptors (Lipinski definition) is 4. The minimum atomic E-state index is -1.000. The van der Waals surface area contributed by atoms with Crippen LogP contribution in [0.15, 0.2) is 30.3 Å². The van der Waals surface area contributed by atoms with E-state index in [9.17, 15) is 4.79 Å². The van der Waals surface area contributed by atoms with Gasteiger partial charge in [-0.3, -0.25) is 4.98 Å². The highest BCUT2D eigenvalue weighted by atomic mass is 16.4. The molecule has 0 fully saturated rings. The maximum atomic E-state index is 11.2. The molecule has 0 saturated carbocycles. The Morgan fingerprint density at radius 1 is 1.21 bits per heavy atom. The molecule has 1 aromatic carbocycles. The summed E-state index contributed by atoms with van der Waals surface area (Å²) in [6.07, 6.45) is 0. The number of rotatable bonds is 3. The van der Waals surface area contributed by atoms with E-state index in [0.717, 1.165) is 17.1 Å². The lowest BCUT2D eigenvalue weighted by molar-refractivity contribution is 0.0698. The summed E-state index contributed by atoms with van der Waals surface area (Å²) in [6.45, 7) is 3.77. The van der Waals surface area contributed by atoms with Crippen molar-refractivity contribution in [3.63, 3.8) is 0 Å². The number of anilines is 3. The molecule has 0 bridgehead atoms. The van der Waals surface area contributed by atoms with Gasteiger partial charge in [0.25, 0.3) is 0 Å². The van der Waals surface area contributed by atoms with Gasteiger partial charge >= 0.3 is 5.97 Å². The Bertz CT molecular complexity index is 639. The Labute approximate surface area is 111 Å². The van der Waals surface area contributed by atoms with E-state index in [1.807, 2.05) is 26.0 Å². The van der Waals surface area contributed by atoms with Crippen LogP contribution in [0.1, 0.15) is 21.7 Å². The number of carboxylic acid groups (broad SMARTS) is 1. The number of nitrogens with two attached hydrogens (primary N) is 1. The van der Waals surface area contributed by atoms with Crippen LogP contribution in [0.25, 0.3) is 0 Å². The van der Waals surface area contributed by atoms with Crippen molar-refractivity contribution in [1.29, 1.82) is 0 Å². The molecule has 0 radical (unpaired) electrons. The fraction of sp³-hybridized carbons (Fsp3) is 0.143. The molecule has 0 unspecified atom stereocenters. The van der Waals surface area contributed by atoms with Crippen molar-refractivity contribution in [1.82, 2.24) is 4.98 Å². The molecule has 2 aromatic rings. The third-order valence-electron chi connectivity index (χ3n) is 2.77. The third-order valence-corrected chi connectivity index (χ3v) is 2.77. The summed E-state index contributed by atoms with van der Waals surface area (Å²) in [6, 6.07) is 8.38. The molecule has 0 aliphatic rings. The summed E-state index contributed by atoms with van der Waals surface area (Å²) in [5, 5.41) is 12.2. The molecule has 4 N–H and O–H groups in total. The molecule has 0 spiro atoms. The van der Waals surface area contributed by atoms with Gasteiger partial charge in [0.2, 0.25) is 0 Å². The molecule has 0 saturated heterocycles. The zero-order chi connectivity index (χ0) is 14.0. The van der Waals surface area contributed by atoms with E-state index in [-0.39, 0.29) is 5.56 Å². The average Bonchev–Trinajstić information content (AvgIpc) is 2.32. The van der Waals surface area contributed by atoms with E-state index in [2.05, 4.69) is 10.3 Å². The lowest BCUT2D eigenvalue weighted by Crippen LogP contribution is -2.05. The number of carboxylic acids is 1. The molecule has 19 heavy (non-hydrogen) atoms. The summed E-state index contributed by atoms with van der Waals surface area (Å²) in [5.41, 5.74) is 9.31. The quantitative estimate of drug-likeness (QED) is 0.736. The Hall–Kier alpha value is -2.56. The predicted molar refractivity (Wildman–Crippen MR) is 74.8 cm³/mol. The summed E-state index contributed by atoms with van der Waals surface area (Å²) in [4.78, 5) is 15.5. The summed E-state index contributed by atoms with van der Waals surface area (Å²) < 4.78 is 0. The zero-order valence-electron chi connectivity index (χ0n) is 10.8. The van der Waals surface area contributed by atoms with Crippen LogP contribution >= 0.6 is 0 Å². The summed E-state index contributed by atoms with van der Waals surface area (Å²) >= 11 is 0. The van der Waals surface area contributed by atoms with Crippen LogP contribution in [-0.4, -0.2) is 16.1 Å². The molecule has 1 heterocycles. The molecule has 0 aliphatic carbocycles. The first kappa shape index (κ1) is 12.9. The van der Waals surface area contributed by atoms with Crippen LogP contribution in [0, 0.1) is 13.8 Å². The van der Waals surface area contributed by atoms with E-state index >= 15 is 0 Å². The number of nitrogens with zero attached hydrogens (tertiary/aromatic N) is 1.